The molecule has 0 radical (unpaired) electrons. The monoisotopic (exact) mass is 503 g/mol. The first-order valence-corrected chi connectivity index (χ1v) is 9.92. The number of hydrogen-bond donors (Lipinski definition) is 2. The molecule has 1 aromatic heterocycles. The molecule has 0 amide bonds. The molecule has 1 atom stereocenters. The van der Waals surface area contributed by atoms with Crippen molar-refractivity contribution < 1.29 is 0 Å². The van der Waals surface area contributed by atoms with Crippen LogP contribution < -0.4 is 10.6 Å². The molecule has 0 spiro atoms. The summed E-state index contributed by atoms with van der Waals surface area (Å²) < 4.78 is 2.05. The minimum atomic E-state index is 0. The molecule has 29 heavy (non-hydrogen) atoms. The summed E-state index contributed by atoms with van der Waals surface area (Å²) in [4.78, 5) is 8.95. The Balaban J connectivity index is 0.00000300. The predicted molar refractivity (Wildman–Crippen MR) is 131 cm³/mol. The molecule has 0 aliphatic carbocycles. The highest BCUT2D eigenvalue weighted by Gasteiger charge is 2.12. The maximum Gasteiger partial charge on any atom is 0.191 e. The molecule has 2 N–H and O–H groups in total. The van der Waals surface area contributed by atoms with Gasteiger partial charge in [0.1, 0.15) is 0 Å². The lowest BCUT2D eigenvalue weighted by molar-refractivity contribution is 0.652. The number of halogens is 1. The van der Waals surface area contributed by atoms with Gasteiger partial charge < -0.3 is 15.2 Å². The fraction of sp³-hybridized carbons (Fsp3) is 0.304. The van der Waals surface area contributed by atoms with Gasteiger partial charge in [-0.1, -0.05) is 60.7 Å². The molecule has 3 rings (SSSR count). The average Bonchev–Trinajstić information content (AvgIpc) is 3.26. The molecule has 2 aromatic carbocycles. The number of aliphatic imine (C=N–C) groups is 1. The van der Waals surface area contributed by atoms with Crippen molar-refractivity contribution in [1.82, 2.24) is 20.2 Å². The van der Waals surface area contributed by atoms with Gasteiger partial charge in [-0.05, 0) is 24.5 Å². The summed E-state index contributed by atoms with van der Waals surface area (Å²) in [6.07, 6.45) is 6.57. The van der Waals surface area contributed by atoms with Crippen molar-refractivity contribution in [3.05, 3.63) is 90.5 Å². The fourth-order valence-corrected chi connectivity index (χ4v) is 3.18. The molecular formula is C23H30IN5. The average molecular weight is 503 g/mol. The summed E-state index contributed by atoms with van der Waals surface area (Å²) >= 11 is 0. The van der Waals surface area contributed by atoms with Gasteiger partial charge in [-0.2, -0.15) is 0 Å². The normalized spacial score (nSPS) is 12.1. The summed E-state index contributed by atoms with van der Waals surface area (Å²) in [5.41, 5.74) is 2.66. The minimum Gasteiger partial charge on any atom is -0.357 e. The van der Waals surface area contributed by atoms with E-state index in [1.807, 2.05) is 12.5 Å². The van der Waals surface area contributed by atoms with E-state index in [9.17, 15) is 0 Å². The van der Waals surface area contributed by atoms with Gasteiger partial charge in [0.05, 0.1) is 6.33 Å². The van der Waals surface area contributed by atoms with Crippen LogP contribution in [-0.2, 0) is 13.0 Å². The topological polar surface area (TPSA) is 54.2 Å². The lowest BCUT2D eigenvalue weighted by atomic mass is 9.92. The van der Waals surface area contributed by atoms with E-state index in [-0.39, 0.29) is 24.0 Å². The Bertz CT molecular complexity index is 819. The fourth-order valence-electron chi connectivity index (χ4n) is 3.18. The van der Waals surface area contributed by atoms with Gasteiger partial charge in [0.15, 0.2) is 5.96 Å². The second-order valence-corrected chi connectivity index (χ2v) is 6.74. The highest BCUT2D eigenvalue weighted by atomic mass is 127. The van der Waals surface area contributed by atoms with Gasteiger partial charge in [0.25, 0.3) is 0 Å². The second-order valence-electron chi connectivity index (χ2n) is 6.74. The zero-order chi connectivity index (χ0) is 19.4. The zero-order valence-electron chi connectivity index (χ0n) is 16.9. The SMILES string of the molecule is CCNC(=NCC(Cc1ccccc1)c1ccccc1)NCCn1ccnc1.I. The van der Waals surface area contributed by atoms with Gasteiger partial charge in [-0.15, -0.1) is 24.0 Å². The number of hydrogen-bond acceptors (Lipinski definition) is 2. The summed E-state index contributed by atoms with van der Waals surface area (Å²) in [5.74, 6) is 1.20. The van der Waals surface area contributed by atoms with Gasteiger partial charge in [-0.25, -0.2) is 4.98 Å². The van der Waals surface area contributed by atoms with Crippen LogP contribution in [-0.4, -0.2) is 35.1 Å². The van der Waals surface area contributed by atoms with Crippen LogP contribution in [0.15, 0.2) is 84.4 Å². The molecule has 0 saturated carbocycles. The Morgan fingerprint density at radius 2 is 1.76 bits per heavy atom. The van der Waals surface area contributed by atoms with E-state index in [1.54, 1.807) is 6.20 Å². The number of aromatic nitrogens is 2. The molecule has 6 heteroatoms. The van der Waals surface area contributed by atoms with Crippen molar-refractivity contribution in [2.24, 2.45) is 4.99 Å². The Hall–Kier alpha value is -2.35. The van der Waals surface area contributed by atoms with Gasteiger partial charge in [0, 0.05) is 44.5 Å². The molecule has 0 fully saturated rings. The van der Waals surface area contributed by atoms with Gasteiger partial charge in [-0.3, -0.25) is 4.99 Å². The first-order valence-electron chi connectivity index (χ1n) is 9.92. The Morgan fingerprint density at radius 3 is 2.41 bits per heavy atom. The number of guanidine groups is 1. The Labute approximate surface area is 190 Å². The van der Waals surface area contributed by atoms with E-state index in [1.165, 1.54) is 11.1 Å². The van der Waals surface area contributed by atoms with E-state index in [0.717, 1.165) is 38.6 Å². The first-order chi connectivity index (χ1) is 13.8. The second kappa shape index (κ2) is 13.0. The summed E-state index contributed by atoms with van der Waals surface area (Å²) in [7, 11) is 0. The van der Waals surface area contributed by atoms with E-state index >= 15 is 0 Å². The van der Waals surface area contributed by atoms with E-state index < -0.39 is 0 Å². The van der Waals surface area contributed by atoms with E-state index in [4.69, 9.17) is 4.99 Å². The van der Waals surface area contributed by atoms with E-state index in [2.05, 4.69) is 87.8 Å². The highest BCUT2D eigenvalue weighted by Crippen LogP contribution is 2.21. The van der Waals surface area contributed by atoms with Crippen LogP contribution in [0.2, 0.25) is 0 Å². The van der Waals surface area contributed by atoms with Crippen LogP contribution in [0, 0.1) is 0 Å². The van der Waals surface area contributed by atoms with E-state index in [0.29, 0.717) is 5.92 Å². The molecule has 1 unspecified atom stereocenters. The van der Waals surface area contributed by atoms with Crippen molar-refractivity contribution in [3.8, 4) is 0 Å². The lowest BCUT2D eigenvalue weighted by Crippen LogP contribution is -2.39. The van der Waals surface area contributed by atoms with Crippen LogP contribution >= 0.6 is 24.0 Å². The number of benzene rings is 2. The van der Waals surface area contributed by atoms with Crippen LogP contribution in [0.25, 0.3) is 0 Å². The van der Waals surface area contributed by atoms with Crippen molar-refractivity contribution in [3.63, 3.8) is 0 Å². The largest absolute Gasteiger partial charge is 0.357 e. The smallest absolute Gasteiger partial charge is 0.191 e. The highest BCUT2D eigenvalue weighted by molar-refractivity contribution is 14.0. The van der Waals surface area contributed by atoms with Gasteiger partial charge in [0.2, 0.25) is 0 Å². The Kier molecular flexibility index (Phi) is 10.3. The number of nitrogens with zero attached hydrogens (tertiary/aromatic N) is 3. The number of nitrogens with one attached hydrogen (secondary N) is 2. The standard InChI is InChI=1S/C23H29N5.HI/c1-2-25-23(26-14-16-28-15-13-24-19-28)27-18-22(21-11-7-4-8-12-21)17-20-9-5-3-6-10-20;/h3-13,15,19,22H,2,14,16-18H2,1H3,(H2,25,26,27);1H. The van der Waals surface area contributed by atoms with Crippen LogP contribution in [0.5, 0.6) is 0 Å². The summed E-state index contributed by atoms with van der Waals surface area (Å²) in [5, 5.41) is 6.77. The third-order valence-corrected chi connectivity index (χ3v) is 4.63. The number of imidazole rings is 1. The maximum absolute atomic E-state index is 4.87. The van der Waals surface area contributed by atoms with Crippen molar-refractivity contribution >= 4 is 29.9 Å². The molecular weight excluding hydrogens is 473 g/mol. The molecule has 0 saturated heterocycles. The third-order valence-electron chi connectivity index (χ3n) is 4.63. The van der Waals surface area contributed by atoms with Crippen molar-refractivity contribution in [1.29, 1.82) is 0 Å². The molecule has 154 valence electrons. The summed E-state index contributed by atoms with van der Waals surface area (Å²) in [6, 6.07) is 21.3. The molecule has 3 aromatic rings. The van der Waals surface area contributed by atoms with Crippen LogP contribution in [0.3, 0.4) is 0 Å². The summed E-state index contributed by atoms with van der Waals surface area (Å²) in [6.45, 7) is 5.32. The van der Waals surface area contributed by atoms with Crippen molar-refractivity contribution in [2.75, 3.05) is 19.6 Å². The zero-order valence-corrected chi connectivity index (χ0v) is 19.2. The number of rotatable bonds is 9. The third kappa shape index (κ3) is 7.89. The molecule has 5 nitrogen and oxygen atoms in total. The van der Waals surface area contributed by atoms with Crippen LogP contribution in [0.1, 0.15) is 24.0 Å². The molecule has 1 heterocycles. The minimum absolute atomic E-state index is 0. The van der Waals surface area contributed by atoms with Crippen LogP contribution in [0.4, 0.5) is 0 Å². The van der Waals surface area contributed by atoms with Crippen molar-refractivity contribution in [2.45, 2.75) is 25.8 Å². The first kappa shape index (κ1) is 22.9. The molecule has 0 aliphatic rings. The predicted octanol–water partition coefficient (Wildman–Crippen LogP) is 4.08. The van der Waals surface area contributed by atoms with Gasteiger partial charge >= 0.3 is 0 Å². The maximum atomic E-state index is 4.87. The molecule has 0 aliphatic heterocycles. The lowest BCUT2D eigenvalue weighted by Gasteiger charge is -2.17. The quantitative estimate of drug-likeness (QED) is 0.263. The Morgan fingerprint density at radius 1 is 1.03 bits per heavy atom. The molecule has 0 bridgehead atoms.